The van der Waals surface area contributed by atoms with Crippen molar-refractivity contribution in [3.63, 3.8) is 0 Å². The molecule has 2 rings (SSSR count). The van der Waals surface area contributed by atoms with Crippen molar-refractivity contribution in [3.05, 3.63) is 40.5 Å². The highest BCUT2D eigenvalue weighted by Gasteiger charge is 2.22. The van der Waals surface area contributed by atoms with E-state index in [4.69, 9.17) is 4.74 Å². The number of halogens is 1. The Balaban J connectivity index is 1.98. The van der Waals surface area contributed by atoms with Gasteiger partial charge in [0.05, 0.1) is 5.69 Å². The fraction of sp³-hybridized carbons (Fsp3) is 0.250. The third-order valence-corrected chi connectivity index (χ3v) is 3.69. The normalized spacial score (nSPS) is 11.5. The number of nitrogens with one attached hydrogen (secondary N) is 3. The number of benzene rings is 1. The number of hydrogen-bond acceptors (Lipinski definition) is 5. The molecule has 0 aliphatic heterocycles. The second-order valence-electron chi connectivity index (χ2n) is 5.07. The number of hydrogen-bond donors (Lipinski definition) is 3. The summed E-state index contributed by atoms with van der Waals surface area (Å²) >= 11 is 3.35. The Hall–Kier alpha value is -2.68. The number of nitrogens with zero attached hydrogens (tertiary/aromatic N) is 1. The number of H-pyrrole nitrogens is 1. The van der Waals surface area contributed by atoms with Crippen molar-refractivity contribution in [2.24, 2.45) is 0 Å². The minimum atomic E-state index is -1.13. The molecule has 0 aliphatic rings. The predicted molar refractivity (Wildman–Crippen MR) is 93.8 cm³/mol. The summed E-state index contributed by atoms with van der Waals surface area (Å²) in [6, 6.07) is 8.29. The molecule has 0 fully saturated rings. The summed E-state index contributed by atoms with van der Waals surface area (Å²) in [4.78, 5) is 35.2. The van der Waals surface area contributed by atoms with Crippen molar-refractivity contribution < 1.29 is 19.1 Å². The van der Waals surface area contributed by atoms with E-state index in [1.54, 1.807) is 6.92 Å². The van der Waals surface area contributed by atoms with Crippen LogP contribution in [0.3, 0.4) is 0 Å². The van der Waals surface area contributed by atoms with Gasteiger partial charge in [-0.05, 0) is 32.0 Å². The Morgan fingerprint density at radius 1 is 1.28 bits per heavy atom. The molecule has 0 spiro atoms. The summed E-state index contributed by atoms with van der Waals surface area (Å²) in [5.41, 5.74) is 1.50. The maximum absolute atomic E-state index is 12.1. The fourth-order valence-corrected chi connectivity index (χ4v) is 2.15. The summed E-state index contributed by atoms with van der Waals surface area (Å²) in [5.74, 6) is -1.46. The van der Waals surface area contributed by atoms with Gasteiger partial charge in [0, 0.05) is 16.6 Å². The highest BCUT2D eigenvalue weighted by Crippen LogP contribution is 2.20. The van der Waals surface area contributed by atoms with Crippen LogP contribution < -0.4 is 10.6 Å². The largest absolute Gasteiger partial charge is 0.448 e. The lowest BCUT2D eigenvalue weighted by atomic mass is 10.1. The zero-order chi connectivity index (χ0) is 18.4. The number of carbonyl (C=O) groups excluding carboxylic acids is 3. The van der Waals surface area contributed by atoms with Crippen LogP contribution in [0.25, 0.3) is 11.3 Å². The van der Waals surface area contributed by atoms with E-state index in [1.807, 2.05) is 24.3 Å². The van der Waals surface area contributed by atoms with Gasteiger partial charge in [-0.3, -0.25) is 15.2 Å². The summed E-state index contributed by atoms with van der Waals surface area (Å²) in [7, 11) is 0. The molecular formula is C16H17BrN4O4. The first-order valence-electron chi connectivity index (χ1n) is 7.51. The molecule has 1 aromatic heterocycles. The van der Waals surface area contributed by atoms with Gasteiger partial charge in [-0.15, -0.1) is 0 Å². The smallest absolute Gasteiger partial charge is 0.357 e. The van der Waals surface area contributed by atoms with Crippen molar-refractivity contribution in [1.82, 2.24) is 20.8 Å². The van der Waals surface area contributed by atoms with E-state index < -0.39 is 24.0 Å². The number of ether oxygens (including phenoxy) is 1. The van der Waals surface area contributed by atoms with Crippen molar-refractivity contribution >= 4 is 33.8 Å². The van der Waals surface area contributed by atoms with Gasteiger partial charge >= 0.3 is 12.0 Å². The summed E-state index contributed by atoms with van der Waals surface area (Å²) in [6.07, 6.45) is -1.13. The molecule has 8 nitrogen and oxygen atoms in total. The predicted octanol–water partition coefficient (Wildman–Crippen LogP) is 2.23. The van der Waals surface area contributed by atoms with Crippen LogP contribution in [0.4, 0.5) is 4.79 Å². The van der Waals surface area contributed by atoms with Crippen LogP contribution in [-0.2, 0) is 9.53 Å². The van der Waals surface area contributed by atoms with Crippen LogP contribution in [0, 0.1) is 0 Å². The Kier molecular flexibility index (Phi) is 6.29. The maximum atomic E-state index is 12.1. The number of imide groups is 1. The third kappa shape index (κ3) is 5.15. The molecule has 3 amide bonds. The monoisotopic (exact) mass is 408 g/mol. The molecule has 25 heavy (non-hydrogen) atoms. The van der Waals surface area contributed by atoms with Crippen LogP contribution in [0.2, 0.25) is 0 Å². The van der Waals surface area contributed by atoms with Gasteiger partial charge in [0.15, 0.2) is 6.10 Å². The number of esters is 1. The van der Waals surface area contributed by atoms with E-state index in [0.29, 0.717) is 12.2 Å². The highest BCUT2D eigenvalue weighted by atomic mass is 79.9. The number of urea groups is 1. The van der Waals surface area contributed by atoms with E-state index in [0.717, 1.165) is 10.0 Å². The Morgan fingerprint density at radius 3 is 2.60 bits per heavy atom. The van der Waals surface area contributed by atoms with Crippen LogP contribution in [-0.4, -0.2) is 40.8 Å². The van der Waals surface area contributed by atoms with Crippen LogP contribution in [0.5, 0.6) is 0 Å². The topological polar surface area (TPSA) is 113 Å². The fourth-order valence-electron chi connectivity index (χ4n) is 1.89. The average molecular weight is 409 g/mol. The lowest BCUT2D eigenvalue weighted by Crippen LogP contribution is -2.44. The molecule has 1 aromatic carbocycles. The molecule has 3 N–H and O–H groups in total. The maximum Gasteiger partial charge on any atom is 0.357 e. The molecule has 0 bridgehead atoms. The average Bonchev–Trinajstić information content (AvgIpc) is 3.05. The lowest BCUT2D eigenvalue weighted by molar-refractivity contribution is -0.127. The summed E-state index contributed by atoms with van der Waals surface area (Å²) < 4.78 is 5.96. The second-order valence-corrected chi connectivity index (χ2v) is 5.99. The first-order chi connectivity index (χ1) is 11.9. The first-order valence-corrected chi connectivity index (χ1v) is 8.31. The van der Waals surface area contributed by atoms with Gasteiger partial charge in [0.1, 0.15) is 5.69 Å². The van der Waals surface area contributed by atoms with E-state index in [1.165, 1.54) is 13.0 Å². The Morgan fingerprint density at radius 2 is 1.96 bits per heavy atom. The third-order valence-electron chi connectivity index (χ3n) is 3.16. The van der Waals surface area contributed by atoms with Crippen molar-refractivity contribution in [2.75, 3.05) is 6.54 Å². The number of aromatic nitrogens is 2. The summed E-state index contributed by atoms with van der Waals surface area (Å²) in [6.45, 7) is 3.47. The number of aromatic amines is 1. The van der Waals surface area contributed by atoms with Crippen molar-refractivity contribution in [1.29, 1.82) is 0 Å². The van der Waals surface area contributed by atoms with Gasteiger partial charge in [-0.25, -0.2) is 9.59 Å². The van der Waals surface area contributed by atoms with Gasteiger partial charge in [-0.2, -0.15) is 5.10 Å². The molecule has 1 unspecified atom stereocenters. The molecular weight excluding hydrogens is 392 g/mol. The molecule has 0 saturated carbocycles. The number of amides is 3. The molecule has 9 heteroatoms. The molecule has 0 aliphatic carbocycles. The molecule has 1 heterocycles. The van der Waals surface area contributed by atoms with Crippen LogP contribution in [0.1, 0.15) is 24.3 Å². The van der Waals surface area contributed by atoms with E-state index in [-0.39, 0.29) is 5.69 Å². The van der Waals surface area contributed by atoms with Crippen LogP contribution >= 0.6 is 15.9 Å². The summed E-state index contributed by atoms with van der Waals surface area (Å²) in [5, 5.41) is 11.1. The zero-order valence-electron chi connectivity index (χ0n) is 13.6. The van der Waals surface area contributed by atoms with Gasteiger partial charge in [0.25, 0.3) is 5.91 Å². The molecule has 1 atom stereocenters. The minimum Gasteiger partial charge on any atom is -0.448 e. The molecule has 0 radical (unpaired) electrons. The zero-order valence-corrected chi connectivity index (χ0v) is 15.2. The van der Waals surface area contributed by atoms with Gasteiger partial charge in [0.2, 0.25) is 0 Å². The molecule has 0 saturated heterocycles. The van der Waals surface area contributed by atoms with Gasteiger partial charge < -0.3 is 10.1 Å². The van der Waals surface area contributed by atoms with Crippen molar-refractivity contribution in [2.45, 2.75) is 20.0 Å². The number of rotatable bonds is 5. The number of carbonyl (C=O) groups is 3. The molecule has 132 valence electrons. The van der Waals surface area contributed by atoms with E-state index in [2.05, 4.69) is 36.8 Å². The van der Waals surface area contributed by atoms with Crippen molar-refractivity contribution in [3.8, 4) is 11.3 Å². The van der Waals surface area contributed by atoms with Crippen LogP contribution in [0.15, 0.2) is 34.8 Å². The SMILES string of the molecule is CCNC(=O)NC(=O)C(C)OC(=O)c1cc(-c2ccc(Br)cc2)n[nH]1. The quantitative estimate of drug-likeness (QED) is 0.656. The Bertz CT molecular complexity index is 773. The molecule has 2 aromatic rings. The minimum absolute atomic E-state index is 0.107. The van der Waals surface area contributed by atoms with E-state index in [9.17, 15) is 14.4 Å². The second kappa shape index (κ2) is 8.43. The Labute approximate surface area is 152 Å². The first kappa shape index (κ1) is 18.7. The van der Waals surface area contributed by atoms with Gasteiger partial charge in [-0.1, -0.05) is 28.1 Å². The highest BCUT2D eigenvalue weighted by molar-refractivity contribution is 9.10. The standard InChI is InChI=1S/C16H17BrN4O4/c1-3-18-16(24)19-14(22)9(2)25-15(23)13-8-12(20-21-13)10-4-6-11(17)7-5-10/h4-9H,3H2,1-2H3,(H,20,21)(H2,18,19,22,24). The van der Waals surface area contributed by atoms with E-state index >= 15 is 0 Å². The lowest BCUT2D eigenvalue weighted by Gasteiger charge is -2.12.